The highest BCUT2D eigenvalue weighted by molar-refractivity contribution is 6.29. The molecule has 3 rings (SSSR count). The largest absolute Gasteiger partial charge is 0.401 e. The van der Waals surface area contributed by atoms with Crippen LogP contribution in [0.4, 0.5) is 23.2 Å². The van der Waals surface area contributed by atoms with Crippen molar-refractivity contribution >= 4 is 22.9 Å². The lowest BCUT2D eigenvalue weighted by Gasteiger charge is -2.26. The van der Waals surface area contributed by atoms with Crippen molar-refractivity contribution in [3.8, 4) is 0 Å². The number of rotatable bonds is 0. The number of anilines is 1. The second-order valence-corrected chi connectivity index (χ2v) is 4.90. The Morgan fingerprint density at radius 1 is 1.47 bits per heavy atom. The third-order valence-electron chi connectivity index (χ3n) is 3.33. The average Bonchev–Trinajstić information content (AvgIpc) is 2.80. The van der Waals surface area contributed by atoms with Gasteiger partial charge in [0.2, 0.25) is 5.82 Å². The zero-order valence-corrected chi connectivity index (χ0v) is 10.3. The normalized spacial score (nSPS) is 22.6. The summed E-state index contributed by atoms with van der Waals surface area (Å²) in [6.45, 7) is 0.671. The van der Waals surface area contributed by atoms with E-state index in [1.807, 2.05) is 0 Å². The fraction of sp³-hybridized carbons (Fsp3) is 0.400. The molecule has 1 aliphatic rings. The van der Waals surface area contributed by atoms with E-state index in [4.69, 9.17) is 11.6 Å². The molecule has 0 fully saturated rings. The molecule has 0 aliphatic carbocycles. The van der Waals surface area contributed by atoms with Crippen molar-refractivity contribution in [3.63, 3.8) is 0 Å². The van der Waals surface area contributed by atoms with E-state index in [-0.39, 0.29) is 23.6 Å². The number of aromatic nitrogens is 3. The minimum atomic E-state index is -4.51. The Morgan fingerprint density at radius 2 is 2.16 bits per heavy atom. The third kappa shape index (κ3) is 1.46. The van der Waals surface area contributed by atoms with Crippen molar-refractivity contribution in [2.75, 3.05) is 11.9 Å². The summed E-state index contributed by atoms with van der Waals surface area (Å²) in [5, 5.41) is 5.70. The molecule has 1 atom stereocenters. The summed E-state index contributed by atoms with van der Waals surface area (Å²) in [7, 11) is 0. The van der Waals surface area contributed by atoms with E-state index in [2.05, 4.69) is 15.4 Å². The molecule has 1 N–H and O–H groups in total. The predicted molar refractivity (Wildman–Crippen MR) is 59.9 cm³/mol. The summed E-state index contributed by atoms with van der Waals surface area (Å²) in [6.07, 6.45) is -3.35. The van der Waals surface area contributed by atoms with Crippen LogP contribution in [0.3, 0.4) is 0 Å². The quantitative estimate of drug-likeness (QED) is 0.760. The summed E-state index contributed by atoms with van der Waals surface area (Å²) >= 11 is 5.51. The molecule has 19 heavy (non-hydrogen) atoms. The molecule has 9 heteroatoms. The van der Waals surface area contributed by atoms with Crippen molar-refractivity contribution in [2.45, 2.75) is 18.5 Å². The van der Waals surface area contributed by atoms with Crippen LogP contribution in [0.1, 0.15) is 12.6 Å². The van der Waals surface area contributed by atoms with E-state index in [0.29, 0.717) is 0 Å². The Labute approximate surface area is 109 Å². The Balaban J connectivity index is 2.38. The molecule has 1 unspecified atom stereocenters. The van der Waals surface area contributed by atoms with Gasteiger partial charge in [-0.3, -0.25) is 0 Å². The summed E-state index contributed by atoms with van der Waals surface area (Å²) in [6, 6.07) is 0. The van der Waals surface area contributed by atoms with Gasteiger partial charge in [-0.15, -0.1) is 0 Å². The first-order chi connectivity index (χ1) is 8.75. The van der Waals surface area contributed by atoms with E-state index in [1.54, 1.807) is 0 Å². The monoisotopic (exact) mass is 294 g/mol. The number of halogens is 5. The van der Waals surface area contributed by atoms with Crippen LogP contribution < -0.4 is 5.32 Å². The van der Waals surface area contributed by atoms with Crippen LogP contribution in [-0.2, 0) is 5.41 Å². The minimum absolute atomic E-state index is 0.173. The molecule has 0 bridgehead atoms. The number of alkyl halides is 3. The van der Waals surface area contributed by atoms with Gasteiger partial charge in [0.1, 0.15) is 5.41 Å². The molecule has 0 saturated heterocycles. The van der Waals surface area contributed by atoms with Gasteiger partial charge >= 0.3 is 6.18 Å². The van der Waals surface area contributed by atoms with Crippen LogP contribution >= 0.6 is 11.6 Å². The topological polar surface area (TPSA) is 42.2 Å². The van der Waals surface area contributed by atoms with Gasteiger partial charge < -0.3 is 5.32 Å². The molecule has 2 aromatic heterocycles. The van der Waals surface area contributed by atoms with E-state index in [9.17, 15) is 17.6 Å². The van der Waals surface area contributed by atoms with Gasteiger partial charge in [0.25, 0.3) is 0 Å². The van der Waals surface area contributed by atoms with Crippen LogP contribution in [-0.4, -0.2) is 27.3 Å². The van der Waals surface area contributed by atoms with Crippen LogP contribution in [0.5, 0.6) is 0 Å². The second kappa shape index (κ2) is 3.50. The second-order valence-electron chi connectivity index (χ2n) is 4.54. The Kier molecular flexibility index (Phi) is 2.30. The first-order valence-electron chi connectivity index (χ1n) is 5.29. The highest BCUT2D eigenvalue weighted by Crippen LogP contribution is 2.47. The standard InChI is InChI=1S/C10H7ClF4N4/c1-9(10(13,14)15)3-17-4-2-16-8-5(12)7(11)18-19(8)6(4)9/h2,17H,3H2,1H3. The number of fused-ring (bicyclic) bond motifs is 3. The molecule has 0 spiro atoms. The lowest BCUT2D eigenvalue weighted by atomic mass is 9.88. The number of nitrogens with zero attached hydrogens (tertiary/aromatic N) is 3. The summed E-state index contributed by atoms with van der Waals surface area (Å²) in [5.41, 5.74) is -2.50. The number of hydrogen-bond acceptors (Lipinski definition) is 3. The molecule has 0 saturated carbocycles. The summed E-state index contributed by atoms with van der Waals surface area (Å²) in [4.78, 5) is 3.73. The van der Waals surface area contributed by atoms with Crippen molar-refractivity contribution in [2.24, 2.45) is 0 Å². The molecular weight excluding hydrogens is 288 g/mol. The lowest BCUT2D eigenvalue weighted by Crippen LogP contribution is -2.42. The maximum Gasteiger partial charge on any atom is 0.401 e. The van der Waals surface area contributed by atoms with Crippen LogP contribution in [0.25, 0.3) is 5.65 Å². The Morgan fingerprint density at radius 3 is 2.79 bits per heavy atom. The van der Waals surface area contributed by atoms with Crippen LogP contribution in [0, 0.1) is 5.82 Å². The van der Waals surface area contributed by atoms with E-state index in [0.717, 1.165) is 17.6 Å². The molecule has 0 radical (unpaired) electrons. The smallest absolute Gasteiger partial charge is 0.381 e. The molecular formula is C10H7ClF4N4. The van der Waals surface area contributed by atoms with Gasteiger partial charge in [-0.05, 0) is 6.92 Å². The first-order valence-corrected chi connectivity index (χ1v) is 5.67. The lowest BCUT2D eigenvalue weighted by molar-refractivity contribution is -0.181. The van der Waals surface area contributed by atoms with Gasteiger partial charge in [0.15, 0.2) is 10.8 Å². The molecule has 0 amide bonds. The van der Waals surface area contributed by atoms with Crippen LogP contribution in [0.15, 0.2) is 6.20 Å². The molecule has 0 aromatic carbocycles. The van der Waals surface area contributed by atoms with E-state index >= 15 is 0 Å². The van der Waals surface area contributed by atoms with Gasteiger partial charge in [0, 0.05) is 6.54 Å². The fourth-order valence-electron chi connectivity index (χ4n) is 2.18. The minimum Gasteiger partial charge on any atom is -0.381 e. The van der Waals surface area contributed by atoms with Gasteiger partial charge in [-0.1, -0.05) is 11.6 Å². The van der Waals surface area contributed by atoms with Crippen molar-refractivity contribution in [1.29, 1.82) is 0 Å². The van der Waals surface area contributed by atoms with Crippen LogP contribution in [0.2, 0.25) is 5.15 Å². The summed E-state index contributed by atoms with van der Waals surface area (Å²) in [5.74, 6) is -0.930. The Bertz CT molecular complexity index is 680. The SMILES string of the molecule is CC1(C(F)(F)F)CNc2cnc3c(F)c(Cl)nn3c21. The van der Waals surface area contributed by atoms with Crippen molar-refractivity contribution in [1.82, 2.24) is 14.6 Å². The maximum atomic E-state index is 13.6. The summed E-state index contributed by atoms with van der Waals surface area (Å²) < 4.78 is 54.1. The highest BCUT2D eigenvalue weighted by Gasteiger charge is 2.57. The first kappa shape index (κ1) is 12.5. The molecule has 1 aliphatic heterocycles. The molecule has 2 aromatic rings. The molecule has 3 heterocycles. The zero-order valence-electron chi connectivity index (χ0n) is 9.52. The molecule has 102 valence electrons. The van der Waals surface area contributed by atoms with Gasteiger partial charge in [-0.25, -0.2) is 9.50 Å². The number of hydrogen-bond donors (Lipinski definition) is 1. The fourth-order valence-corrected chi connectivity index (χ4v) is 2.34. The van der Waals surface area contributed by atoms with E-state index in [1.165, 1.54) is 0 Å². The van der Waals surface area contributed by atoms with E-state index < -0.39 is 22.6 Å². The Hall–Kier alpha value is -1.57. The predicted octanol–water partition coefficient (Wildman–Crippen LogP) is 2.77. The van der Waals surface area contributed by atoms with Crippen molar-refractivity contribution < 1.29 is 17.6 Å². The van der Waals surface area contributed by atoms with Crippen molar-refractivity contribution in [3.05, 3.63) is 22.9 Å². The third-order valence-corrected chi connectivity index (χ3v) is 3.57. The van der Waals surface area contributed by atoms with Gasteiger partial charge in [-0.2, -0.15) is 22.7 Å². The molecule has 4 nitrogen and oxygen atoms in total. The zero-order chi connectivity index (χ0) is 14.0. The number of nitrogens with one attached hydrogen (secondary N) is 1. The average molecular weight is 295 g/mol. The highest BCUT2D eigenvalue weighted by atomic mass is 35.5. The van der Waals surface area contributed by atoms with Gasteiger partial charge in [0.05, 0.1) is 17.6 Å². The maximum absolute atomic E-state index is 13.6.